The Bertz CT molecular complexity index is 1020. The number of nitrogens with one attached hydrogen (secondary N) is 1. The van der Waals surface area contributed by atoms with Gasteiger partial charge in [0.2, 0.25) is 11.8 Å². The molecule has 1 heterocycles. The molecule has 3 rings (SSSR count). The number of nitro benzene ring substituents is 1. The van der Waals surface area contributed by atoms with Crippen LogP contribution in [0.15, 0.2) is 52.1 Å². The monoisotopic (exact) mass is 414 g/mol. The van der Waals surface area contributed by atoms with Gasteiger partial charge in [0, 0.05) is 11.6 Å². The van der Waals surface area contributed by atoms with Crippen LogP contribution in [0.3, 0.4) is 0 Å². The van der Waals surface area contributed by atoms with Gasteiger partial charge in [0.1, 0.15) is 11.4 Å². The third-order valence-corrected chi connectivity index (χ3v) is 4.68. The topological polar surface area (TPSA) is 120 Å². The lowest BCUT2D eigenvalue weighted by Crippen LogP contribution is -2.16. The third-order valence-electron chi connectivity index (χ3n) is 3.86. The number of ether oxygens (including phenoxy) is 1. The van der Waals surface area contributed by atoms with Crippen LogP contribution < -0.4 is 10.1 Å². The molecule has 0 aliphatic carbocycles. The van der Waals surface area contributed by atoms with Crippen molar-refractivity contribution in [2.24, 2.45) is 0 Å². The highest BCUT2D eigenvalue weighted by Gasteiger charge is 2.18. The molecule has 0 bridgehead atoms. The Labute approximate surface area is 170 Å². The minimum absolute atomic E-state index is 0.0313. The molecule has 1 N–H and O–H groups in total. The van der Waals surface area contributed by atoms with Crippen LogP contribution in [-0.4, -0.2) is 33.4 Å². The number of thioether (sulfide) groups is 1. The number of nitro groups is 1. The van der Waals surface area contributed by atoms with Gasteiger partial charge < -0.3 is 14.5 Å². The molecule has 9 nitrogen and oxygen atoms in total. The van der Waals surface area contributed by atoms with Crippen molar-refractivity contribution in [3.63, 3.8) is 0 Å². The number of aryl methyl sites for hydroxylation is 1. The summed E-state index contributed by atoms with van der Waals surface area (Å²) < 4.78 is 11.0. The number of benzene rings is 2. The van der Waals surface area contributed by atoms with Crippen LogP contribution in [0, 0.1) is 17.0 Å². The molecule has 0 spiro atoms. The fourth-order valence-electron chi connectivity index (χ4n) is 2.51. The van der Waals surface area contributed by atoms with E-state index in [2.05, 4.69) is 15.5 Å². The Kier molecular flexibility index (Phi) is 6.45. The predicted molar refractivity (Wildman–Crippen MR) is 108 cm³/mol. The molecule has 0 atom stereocenters. The van der Waals surface area contributed by atoms with Crippen molar-refractivity contribution in [2.45, 2.75) is 19.1 Å². The Hall–Kier alpha value is -3.40. The summed E-state index contributed by atoms with van der Waals surface area (Å²) in [6, 6.07) is 11.8. The van der Waals surface area contributed by atoms with Crippen LogP contribution in [-0.2, 0) is 4.79 Å². The largest absolute Gasteiger partial charge is 0.494 e. The van der Waals surface area contributed by atoms with Gasteiger partial charge in [0.25, 0.3) is 10.9 Å². The Morgan fingerprint density at radius 3 is 2.69 bits per heavy atom. The quantitative estimate of drug-likeness (QED) is 0.332. The van der Waals surface area contributed by atoms with Gasteiger partial charge in [-0.3, -0.25) is 14.9 Å². The molecule has 0 aliphatic heterocycles. The molecule has 150 valence electrons. The number of amides is 1. The lowest BCUT2D eigenvalue weighted by Gasteiger charge is -2.08. The highest BCUT2D eigenvalue weighted by atomic mass is 32.2. The minimum atomic E-state index is -0.531. The smallest absolute Gasteiger partial charge is 0.293 e. The van der Waals surface area contributed by atoms with Crippen molar-refractivity contribution in [1.29, 1.82) is 0 Å². The van der Waals surface area contributed by atoms with Crippen LogP contribution >= 0.6 is 11.8 Å². The molecule has 3 aromatic rings. The number of carbonyl (C=O) groups excluding carboxylic acids is 1. The number of anilines is 1. The summed E-state index contributed by atoms with van der Waals surface area (Å²) in [5.41, 5.74) is 1.36. The first-order chi connectivity index (χ1) is 14.0. The van der Waals surface area contributed by atoms with E-state index in [0.717, 1.165) is 23.1 Å². The van der Waals surface area contributed by atoms with Gasteiger partial charge in [-0.05, 0) is 43.7 Å². The summed E-state index contributed by atoms with van der Waals surface area (Å²) in [7, 11) is 0. The molecule has 0 aliphatic rings. The Morgan fingerprint density at radius 2 is 2.00 bits per heavy atom. The number of hydrogen-bond donors (Lipinski definition) is 1. The Balaban J connectivity index is 1.61. The van der Waals surface area contributed by atoms with Gasteiger partial charge in [-0.15, -0.1) is 10.2 Å². The average molecular weight is 414 g/mol. The summed E-state index contributed by atoms with van der Waals surface area (Å²) in [5.74, 6) is 0.627. The molecular formula is C19H18N4O5S. The highest BCUT2D eigenvalue weighted by Crippen LogP contribution is 2.29. The van der Waals surface area contributed by atoms with E-state index in [4.69, 9.17) is 9.15 Å². The van der Waals surface area contributed by atoms with Crippen molar-refractivity contribution >= 4 is 29.0 Å². The molecule has 2 aromatic carbocycles. The van der Waals surface area contributed by atoms with Crippen LogP contribution in [0.4, 0.5) is 11.4 Å². The van der Waals surface area contributed by atoms with E-state index < -0.39 is 10.8 Å². The number of rotatable bonds is 8. The fraction of sp³-hybridized carbons (Fsp3) is 0.211. The molecule has 1 amide bonds. The van der Waals surface area contributed by atoms with Gasteiger partial charge in [-0.2, -0.15) is 0 Å². The number of nitrogens with zero attached hydrogens (tertiary/aromatic N) is 3. The van der Waals surface area contributed by atoms with E-state index in [1.54, 1.807) is 43.3 Å². The van der Waals surface area contributed by atoms with Crippen LogP contribution in [0.1, 0.15) is 12.5 Å². The molecular weight excluding hydrogens is 396 g/mol. The van der Waals surface area contributed by atoms with Crippen LogP contribution in [0.25, 0.3) is 11.5 Å². The summed E-state index contributed by atoms with van der Waals surface area (Å²) in [6.07, 6.45) is 0. The lowest BCUT2D eigenvalue weighted by atomic mass is 10.1. The molecule has 10 heteroatoms. The first-order valence-corrected chi connectivity index (χ1v) is 9.70. The molecule has 0 radical (unpaired) electrons. The number of carbonyl (C=O) groups is 1. The van der Waals surface area contributed by atoms with Gasteiger partial charge in [-0.25, -0.2) is 0 Å². The Morgan fingerprint density at radius 1 is 1.24 bits per heavy atom. The van der Waals surface area contributed by atoms with E-state index in [1.807, 2.05) is 6.92 Å². The zero-order valence-corrected chi connectivity index (χ0v) is 16.6. The molecule has 29 heavy (non-hydrogen) atoms. The van der Waals surface area contributed by atoms with E-state index in [-0.39, 0.29) is 22.4 Å². The maximum atomic E-state index is 12.2. The first-order valence-electron chi connectivity index (χ1n) is 8.71. The molecule has 0 unspecified atom stereocenters. The lowest BCUT2D eigenvalue weighted by molar-refractivity contribution is -0.384. The molecule has 1 aromatic heterocycles. The van der Waals surface area contributed by atoms with Crippen molar-refractivity contribution in [3.8, 4) is 17.2 Å². The van der Waals surface area contributed by atoms with Crippen molar-refractivity contribution in [1.82, 2.24) is 10.2 Å². The highest BCUT2D eigenvalue weighted by molar-refractivity contribution is 7.99. The van der Waals surface area contributed by atoms with Gasteiger partial charge in [0.05, 0.1) is 17.3 Å². The summed E-state index contributed by atoms with van der Waals surface area (Å²) in [4.78, 5) is 22.8. The summed E-state index contributed by atoms with van der Waals surface area (Å²) in [6.45, 7) is 4.17. The van der Waals surface area contributed by atoms with E-state index >= 15 is 0 Å². The van der Waals surface area contributed by atoms with Crippen LogP contribution in [0.2, 0.25) is 0 Å². The second-order valence-electron chi connectivity index (χ2n) is 5.89. The maximum Gasteiger partial charge on any atom is 0.293 e. The third kappa shape index (κ3) is 5.11. The SMILES string of the molecule is CCOc1ccc(-c2nnc(SCC(=O)Nc3c(C)cccc3[N+](=O)[O-])o2)cc1. The average Bonchev–Trinajstić information content (AvgIpc) is 3.18. The normalized spacial score (nSPS) is 10.6. The number of para-hydroxylation sites is 1. The predicted octanol–water partition coefficient (Wildman–Crippen LogP) is 4.08. The van der Waals surface area contributed by atoms with Gasteiger partial charge in [-0.1, -0.05) is 23.9 Å². The van der Waals surface area contributed by atoms with E-state index in [1.165, 1.54) is 6.07 Å². The van der Waals surface area contributed by atoms with Gasteiger partial charge >= 0.3 is 0 Å². The zero-order valence-electron chi connectivity index (χ0n) is 15.7. The van der Waals surface area contributed by atoms with E-state index in [9.17, 15) is 14.9 Å². The number of aromatic nitrogens is 2. The van der Waals surface area contributed by atoms with Crippen LogP contribution in [0.5, 0.6) is 5.75 Å². The van der Waals surface area contributed by atoms with Crippen molar-refractivity contribution in [3.05, 3.63) is 58.1 Å². The molecule has 0 saturated heterocycles. The second-order valence-corrected chi connectivity index (χ2v) is 6.82. The fourth-order valence-corrected chi connectivity index (χ4v) is 3.08. The standard InChI is InChI=1S/C19H18N4O5S/c1-3-27-14-9-7-13(8-10-14)18-21-22-19(28-18)29-11-16(24)20-17-12(2)5-4-6-15(17)23(25)26/h4-10H,3,11H2,1-2H3,(H,20,24). The summed E-state index contributed by atoms with van der Waals surface area (Å²) in [5, 5.41) is 21.8. The molecule has 0 fully saturated rings. The zero-order chi connectivity index (χ0) is 20.8. The minimum Gasteiger partial charge on any atom is -0.494 e. The van der Waals surface area contributed by atoms with Crippen molar-refractivity contribution in [2.75, 3.05) is 17.7 Å². The van der Waals surface area contributed by atoms with Gasteiger partial charge in [0.15, 0.2) is 0 Å². The summed E-state index contributed by atoms with van der Waals surface area (Å²) >= 11 is 1.05. The maximum absolute atomic E-state index is 12.2. The molecule has 0 saturated carbocycles. The van der Waals surface area contributed by atoms with E-state index in [0.29, 0.717) is 18.1 Å². The number of hydrogen-bond acceptors (Lipinski definition) is 8. The van der Waals surface area contributed by atoms with Crippen molar-refractivity contribution < 1.29 is 18.9 Å². The first kappa shape index (κ1) is 20.3. The second kappa shape index (κ2) is 9.20.